The Morgan fingerprint density at radius 3 is 2.60 bits per heavy atom. The lowest BCUT2D eigenvalue weighted by molar-refractivity contribution is -0.135. The zero-order valence-corrected chi connectivity index (χ0v) is 8.95. The minimum Gasteiger partial charge on any atom is -0.480 e. The molecule has 5 heteroatoms. The highest BCUT2D eigenvalue weighted by Crippen LogP contribution is 2.30. The van der Waals surface area contributed by atoms with Gasteiger partial charge in [-0.1, -0.05) is 19.8 Å². The third-order valence-corrected chi connectivity index (χ3v) is 2.96. The maximum Gasteiger partial charge on any atom is 0.323 e. The number of carboxylic acids is 1. The normalized spacial score (nSPS) is 24.9. The van der Waals surface area contributed by atoms with Gasteiger partial charge in [-0.3, -0.25) is 4.79 Å². The Kier molecular flexibility index (Phi) is 4.39. The van der Waals surface area contributed by atoms with Crippen molar-refractivity contribution in [3.8, 4) is 0 Å². The van der Waals surface area contributed by atoms with Gasteiger partial charge in [0.25, 0.3) is 0 Å². The fraction of sp³-hybridized carbons (Fsp3) is 0.800. The number of amides is 2. The van der Waals surface area contributed by atoms with Crippen LogP contribution in [-0.2, 0) is 4.79 Å². The molecule has 0 heterocycles. The van der Waals surface area contributed by atoms with Crippen LogP contribution in [-0.4, -0.2) is 30.2 Å². The molecule has 0 aromatic heterocycles. The summed E-state index contributed by atoms with van der Waals surface area (Å²) in [5, 5.41) is 13.3. The molecule has 1 rings (SSSR count). The van der Waals surface area contributed by atoms with E-state index in [-0.39, 0.29) is 6.54 Å². The predicted molar refractivity (Wildman–Crippen MR) is 55.5 cm³/mol. The molecule has 0 saturated heterocycles. The highest BCUT2D eigenvalue weighted by molar-refractivity contribution is 5.79. The van der Waals surface area contributed by atoms with Crippen LogP contribution in [0.3, 0.4) is 0 Å². The molecule has 1 aliphatic rings. The summed E-state index contributed by atoms with van der Waals surface area (Å²) < 4.78 is 0. The van der Waals surface area contributed by atoms with E-state index in [0.717, 1.165) is 6.42 Å². The van der Waals surface area contributed by atoms with Gasteiger partial charge in [0.05, 0.1) is 0 Å². The molecular formula is C10H18N2O3. The first-order valence-corrected chi connectivity index (χ1v) is 5.33. The maximum absolute atomic E-state index is 11.1. The number of carbonyl (C=O) groups excluding carboxylic acids is 1. The number of aliphatic carboxylic acids is 1. The molecule has 2 atom stereocenters. The standard InChI is InChI=1S/C10H18N2O3/c1-7-3-2-4-8(7)5-11-10(15)12-6-9(13)14/h7-8H,2-6H2,1H3,(H,13,14)(H2,11,12,15). The number of rotatable bonds is 4. The van der Waals surface area contributed by atoms with Crippen molar-refractivity contribution in [2.45, 2.75) is 26.2 Å². The third kappa shape index (κ3) is 4.18. The van der Waals surface area contributed by atoms with Crippen molar-refractivity contribution in [1.29, 1.82) is 0 Å². The Morgan fingerprint density at radius 2 is 2.07 bits per heavy atom. The number of carbonyl (C=O) groups is 2. The predicted octanol–water partition coefficient (Wildman–Crippen LogP) is 0.806. The zero-order valence-electron chi connectivity index (χ0n) is 8.95. The van der Waals surface area contributed by atoms with E-state index in [2.05, 4.69) is 17.6 Å². The van der Waals surface area contributed by atoms with Crippen LogP contribution in [0, 0.1) is 11.8 Å². The third-order valence-electron chi connectivity index (χ3n) is 2.96. The van der Waals surface area contributed by atoms with Gasteiger partial charge in [-0.05, 0) is 18.3 Å². The van der Waals surface area contributed by atoms with E-state index >= 15 is 0 Å². The highest BCUT2D eigenvalue weighted by atomic mass is 16.4. The lowest BCUT2D eigenvalue weighted by Crippen LogP contribution is -2.40. The summed E-state index contributed by atoms with van der Waals surface area (Å²) in [6.07, 6.45) is 3.60. The first-order chi connectivity index (χ1) is 7.09. The fourth-order valence-electron chi connectivity index (χ4n) is 1.97. The highest BCUT2D eigenvalue weighted by Gasteiger charge is 2.23. The number of hydrogen-bond donors (Lipinski definition) is 3. The van der Waals surface area contributed by atoms with Crippen molar-refractivity contribution in [3.05, 3.63) is 0 Å². The summed E-state index contributed by atoms with van der Waals surface area (Å²) in [6.45, 7) is 2.51. The Hall–Kier alpha value is -1.26. The summed E-state index contributed by atoms with van der Waals surface area (Å²) in [5.74, 6) is 0.171. The molecule has 2 amide bonds. The summed E-state index contributed by atoms with van der Waals surface area (Å²) in [4.78, 5) is 21.3. The van der Waals surface area contributed by atoms with Gasteiger partial charge in [0.1, 0.15) is 6.54 Å². The molecule has 0 spiro atoms. The van der Waals surface area contributed by atoms with Crippen molar-refractivity contribution in [3.63, 3.8) is 0 Å². The van der Waals surface area contributed by atoms with Gasteiger partial charge in [-0.25, -0.2) is 4.79 Å². The molecule has 0 bridgehead atoms. The number of hydrogen-bond acceptors (Lipinski definition) is 2. The van der Waals surface area contributed by atoms with Crippen molar-refractivity contribution >= 4 is 12.0 Å². The largest absolute Gasteiger partial charge is 0.480 e. The molecular weight excluding hydrogens is 196 g/mol. The van der Waals surface area contributed by atoms with Crippen LogP contribution in [0.25, 0.3) is 0 Å². The van der Waals surface area contributed by atoms with Crippen LogP contribution in [0.5, 0.6) is 0 Å². The molecule has 1 saturated carbocycles. The van der Waals surface area contributed by atoms with Crippen LogP contribution in [0.4, 0.5) is 4.79 Å². The first kappa shape index (κ1) is 11.8. The molecule has 1 fully saturated rings. The molecule has 0 aromatic rings. The van der Waals surface area contributed by atoms with Crippen molar-refractivity contribution in [2.24, 2.45) is 11.8 Å². The van der Waals surface area contributed by atoms with Crippen LogP contribution in [0.1, 0.15) is 26.2 Å². The van der Waals surface area contributed by atoms with E-state index < -0.39 is 12.0 Å². The van der Waals surface area contributed by atoms with E-state index in [4.69, 9.17) is 5.11 Å². The summed E-state index contributed by atoms with van der Waals surface area (Å²) in [5.41, 5.74) is 0. The average molecular weight is 214 g/mol. The SMILES string of the molecule is CC1CCCC1CNC(=O)NCC(=O)O. The smallest absolute Gasteiger partial charge is 0.323 e. The molecule has 1 aliphatic carbocycles. The topological polar surface area (TPSA) is 78.4 Å². The van der Waals surface area contributed by atoms with E-state index in [1.165, 1.54) is 12.8 Å². The first-order valence-electron chi connectivity index (χ1n) is 5.33. The quantitative estimate of drug-likeness (QED) is 0.648. The number of nitrogens with one attached hydrogen (secondary N) is 2. The second kappa shape index (κ2) is 5.58. The molecule has 0 radical (unpaired) electrons. The Labute approximate surface area is 89.2 Å². The van der Waals surface area contributed by atoms with Gasteiger partial charge < -0.3 is 15.7 Å². The summed E-state index contributed by atoms with van der Waals surface area (Å²) in [6, 6.07) is -0.392. The van der Waals surface area contributed by atoms with Crippen molar-refractivity contribution in [2.75, 3.05) is 13.1 Å². The van der Waals surface area contributed by atoms with Gasteiger partial charge in [-0.2, -0.15) is 0 Å². The van der Waals surface area contributed by atoms with E-state index in [1.54, 1.807) is 0 Å². The monoisotopic (exact) mass is 214 g/mol. The van der Waals surface area contributed by atoms with E-state index in [0.29, 0.717) is 18.4 Å². The number of urea groups is 1. The molecule has 0 aromatic carbocycles. The van der Waals surface area contributed by atoms with Crippen LogP contribution in [0.15, 0.2) is 0 Å². The Morgan fingerprint density at radius 1 is 1.33 bits per heavy atom. The second-order valence-corrected chi connectivity index (χ2v) is 4.13. The minimum atomic E-state index is -1.03. The van der Waals surface area contributed by atoms with Gasteiger partial charge in [0.15, 0.2) is 0 Å². The lowest BCUT2D eigenvalue weighted by Gasteiger charge is -2.15. The number of carboxylic acid groups (broad SMARTS) is 1. The second-order valence-electron chi connectivity index (χ2n) is 4.13. The van der Waals surface area contributed by atoms with Crippen molar-refractivity contribution < 1.29 is 14.7 Å². The van der Waals surface area contributed by atoms with Gasteiger partial charge >= 0.3 is 12.0 Å². The molecule has 3 N–H and O–H groups in total. The molecule has 86 valence electrons. The van der Waals surface area contributed by atoms with Gasteiger partial charge in [0, 0.05) is 6.54 Å². The van der Waals surface area contributed by atoms with Gasteiger partial charge in [0.2, 0.25) is 0 Å². The molecule has 0 aliphatic heterocycles. The lowest BCUT2D eigenvalue weighted by atomic mass is 9.98. The fourth-order valence-corrected chi connectivity index (χ4v) is 1.97. The van der Waals surface area contributed by atoms with E-state index in [9.17, 15) is 9.59 Å². The Bertz CT molecular complexity index is 243. The zero-order chi connectivity index (χ0) is 11.3. The molecule has 5 nitrogen and oxygen atoms in total. The van der Waals surface area contributed by atoms with Crippen molar-refractivity contribution in [1.82, 2.24) is 10.6 Å². The maximum atomic E-state index is 11.1. The molecule has 2 unspecified atom stereocenters. The van der Waals surface area contributed by atoms with Crippen LogP contribution < -0.4 is 10.6 Å². The van der Waals surface area contributed by atoms with Crippen LogP contribution in [0.2, 0.25) is 0 Å². The van der Waals surface area contributed by atoms with Crippen LogP contribution >= 0.6 is 0 Å². The Balaban J connectivity index is 2.13. The minimum absolute atomic E-state index is 0.327. The molecule has 15 heavy (non-hydrogen) atoms. The van der Waals surface area contributed by atoms with E-state index in [1.807, 2.05) is 0 Å². The summed E-state index contributed by atoms with van der Waals surface area (Å²) in [7, 11) is 0. The van der Waals surface area contributed by atoms with Gasteiger partial charge in [-0.15, -0.1) is 0 Å². The summed E-state index contributed by atoms with van der Waals surface area (Å²) >= 11 is 0. The average Bonchev–Trinajstić information content (AvgIpc) is 2.58.